The molecule has 1 N–H and O–H groups in total. The summed E-state index contributed by atoms with van der Waals surface area (Å²) in [7, 11) is 1.49. The van der Waals surface area contributed by atoms with Gasteiger partial charge in [-0.3, -0.25) is 0 Å². The lowest BCUT2D eigenvalue weighted by molar-refractivity contribution is -0.130. The molecule has 0 atom stereocenters. The minimum Gasteiger partial charge on any atom is -0.496 e. The Morgan fingerprint density at radius 1 is 1.17 bits per heavy atom. The zero-order valence-corrected chi connectivity index (χ0v) is 14.5. The molecule has 0 saturated carbocycles. The van der Waals surface area contributed by atoms with Crippen molar-refractivity contribution < 1.29 is 19.4 Å². The number of aliphatic carboxylic acids is 1. The van der Waals surface area contributed by atoms with Crippen molar-refractivity contribution in [3.63, 3.8) is 0 Å². The molecule has 126 valence electrons. The van der Waals surface area contributed by atoms with Crippen LogP contribution in [0.1, 0.15) is 25.0 Å². The van der Waals surface area contributed by atoms with Crippen molar-refractivity contribution in [2.75, 3.05) is 7.11 Å². The predicted molar refractivity (Wildman–Crippen MR) is 95.7 cm³/mol. The van der Waals surface area contributed by atoms with Gasteiger partial charge in [0.25, 0.3) is 0 Å². The van der Waals surface area contributed by atoms with Crippen molar-refractivity contribution in [3.05, 3.63) is 58.6 Å². The molecule has 4 nitrogen and oxygen atoms in total. The Morgan fingerprint density at radius 3 is 2.50 bits per heavy atom. The van der Waals surface area contributed by atoms with E-state index >= 15 is 0 Å². The largest absolute Gasteiger partial charge is 0.496 e. The van der Waals surface area contributed by atoms with Crippen LogP contribution in [0.25, 0.3) is 11.6 Å². The Morgan fingerprint density at radius 2 is 1.88 bits per heavy atom. The number of hydrogen-bond donors (Lipinski definition) is 1. The molecule has 0 bridgehead atoms. The molecule has 24 heavy (non-hydrogen) atoms. The summed E-state index contributed by atoms with van der Waals surface area (Å²) in [5.41, 5.74) is 1.16. The number of benzene rings is 2. The van der Waals surface area contributed by atoms with Gasteiger partial charge in [0.05, 0.1) is 18.8 Å². The second-order valence-electron chi connectivity index (χ2n) is 5.41. The summed E-state index contributed by atoms with van der Waals surface area (Å²) in [6.45, 7) is 3.83. The van der Waals surface area contributed by atoms with Gasteiger partial charge in [-0.25, -0.2) is 4.79 Å². The van der Waals surface area contributed by atoms with E-state index in [9.17, 15) is 9.90 Å². The second-order valence-corrected chi connectivity index (χ2v) is 5.85. The molecule has 0 heterocycles. The quantitative estimate of drug-likeness (QED) is 0.605. The fraction of sp³-hybridized carbons (Fsp3) is 0.211. The summed E-state index contributed by atoms with van der Waals surface area (Å²) >= 11 is 6.03. The number of carboxylic acids is 1. The van der Waals surface area contributed by atoms with Crippen LogP contribution in [0.4, 0.5) is 0 Å². The van der Waals surface area contributed by atoms with E-state index in [-0.39, 0.29) is 11.7 Å². The third-order valence-electron chi connectivity index (χ3n) is 3.26. The smallest absolute Gasteiger partial charge is 0.336 e. The second kappa shape index (κ2) is 7.88. The van der Waals surface area contributed by atoms with Gasteiger partial charge in [0.15, 0.2) is 0 Å². The van der Waals surface area contributed by atoms with Gasteiger partial charge in [0.1, 0.15) is 11.5 Å². The highest BCUT2D eigenvalue weighted by atomic mass is 35.5. The van der Waals surface area contributed by atoms with Gasteiger partial charge in [-0.2, -0.15) is 0 Å². The zero-order valence-electron chi connectivity index (χ0n) is 13.7. The van der Waals surface area contributed by atoms with Gasteiger partial charge >= 0.3 is 5.97 Å². The van der Waals surface area contributed by atoms with E-state index in [2.05, 4.69) is 0 Å². The molecule has 0 unspecified atom stereocenters. The average molecular weight is 347 g/mol. The zero-order chi connectivity index (χ0) is 17.7. The first-order chi connectivity index (χ1) is 11.4. The summed E-state index contributed by atoms with van der Waals surface area (Å²) in [6, 6.07) is 12.2. The Labute approximate surface area is 146 Å². The molecule has 0 spiro atoms. The van der Waals surface area contributed by atoms with Crippen molar-refractivity contribution in [2.45, 2.75) is 20.0 Å². The monoisotopic (exact) mass is 346 g/mol. The molecule has 0 aliphatic carbocycles. The van der Waals surface area contributed by atoms with E-state index in [0.717, 1.165) is 0 Å². The minimum absolute atomic E-state index is 0.0199. The van der Waals surface area contributed by atoms with Crippen molar-refractivity contribution in [1.82, 2.24) is 0 Å². The fourth-order valence-corrected chi connectivity index (χ4v) is 2.43. The highest BCUT2D eigenvalue weighted by Gasteiger charge is 2.17. The first-order valence-corrected chi connectivity index (χ1v) is 7.84. The van der Waals surface area contributed by atoms with Gasteiger partial charge < -0.3 is 14.6 Å². The van der Waals surface area contributed by atoms with E-state index in [4.69, 9.17) is 21.1 Å². The lowest BCUT2D eigenvalue weighted by Gasteiger charge is -2.14. The number of carboxylic acid groups (broad SMARTS) is 1. The van der Waals surface area contributed by atoms with E-state index in [1.165, 1.54) is 7.11 Å². The molecule has 0 aliphatic heterocycles. The van der Waals surface area contributed by atoms with Crippen molar-refractivity contribution in [3.8, 4) is 11.5 Å². The molecule has 0 aliphatic rings. The number of carbonyl (C=O) groups is 1. The van der Waals surface area contributed by atoms with Crippen LogP contribution >= 0.6 is 11.6 Å². The molecule has 2 aromatic rings. The predicted octanol–water partition coefficient (Wildman–Crippen LogP) is 4.76. The van der Waals surface area contributed by atoms with Gasteiger partial charge in [0, 0.05) is 16.1 Å². The molecule has 2 aromatic carbocycles. The van der Waals surface area contributed by atoms with E-state index < -0.39 is 5.97 Å². The summed E-state index contributed by atoms with van der Waals surface area (Å²) in [5, 5.41) is 10.1. The van der Waals surface area contributed by atoms with Gasteiger partial charge in [-0.1, -0.05) is 29.8 Å². The molecule has 0 aromatic heterocycles. The van der Waals surface area contributed by atoms with E-state index in [1.807, 2.05) is 26.0 Å². The lowest BCUT2D eigenvalue weighted by atomic mass is 10.0. The van der Waals surface area contributed by atoms with Crippen molar-refractivity contribution in [2.24, 2.45) is 0 Å². The molecule has 2 rings (SSSR count). The summed E-state index contributed by atoms with van der Waals surface area (Å²) < 4.78 is 11.0. The Hall–Kier alpha value is -2.46. The van der Waals surface area contributed by atoms with Gasteiger partial charge in [-0.15, -0.1) is 0 Å². The van der Waals surface area contributed by atoms with Gasteiger partial charge in [-0.05, 0) is 44.2 Å². The summed E-state index contributed by atoms with van der Waals surface area (Å²) in [4.78, 5) is 11.8. The number of rotatable bonds is 6. The van der Waals surface area contributed by atoms with Crippen LogP contribution in [0.3, 0.4) is 0 Å². The third-order valence-corrected chi connectivity index (χ3v) is 3.50. The number of halogens is 1. The molecular formula is C19H19ClO4. The SMILES string of the molecule is COc1ccc(Cl)cc1/C(=C/c1ccccc1OC(C)C)C(=O)O. The minimum atomic E-state index is -1.07. The molecule has 0 fully saturated rings. The molecular weight excluding hydrogens is 328 g/mol. The van der Waals surface area contributed by atoms with Crippen LogP contribution in [-0.2, 0) is 4.79 Å². The van der Waals surface area contributed by atoms with Crippen LogP contribution in [0.15, 0.2) is 42.5 Å². The fourth-order valence-electron chi connectivity index (χ4n) is 2.26. The van der Waals surface area contributed by atoms with Crippen LogP contribution in [0, 0.1) is 0 Å². The van der Waals surface area contributed by atoms with Crippen molar-refractivity contribution in [1.29, 1.82) is 0 Å². The van der Waals surface area contributed by atoms with Gasteiger partial charge in [0.2, 0.25) is 0 Å². The molecule has 0 saturated heterocycles. The molecule has 0 amide bonds. The lowest BCUT2D eigenvalue weighted by Crippen LogP contribution is -2.07. The number of para-hydroxylation sites is 1. The van der Waals surface area contributed by atoms with E-state index in [0.29, 0.717) is 27.6 Å². The Balaban J connectivity index is 2.59. The highest BCUT2D eigenvalue weighted by molar-refractivity contribution is 6.31. The third kappa shape index (κ3) is 4.30. The number of hydrogen-bond acceptors (Lipinski definition) is 3. The van der Waals surface area contributed by atoms with Crippen LogP contribution in [0.2, 0.25) is 5.02 Å². The first kappa shape index (κ1) is 17.9. The Kier molecular flexibility index (Phi) is 5.88. The highest BCUT2D eigenvalue weighted by Crippen LogP contribution is 2.32. The average Bonchev–Trinajstić information content (AvgIpc) is 2.53. The maximum absolute atomic E-state index is 11.8. The first-order valence-electron chi connectivity index (χ1n) is 7.47. The van der Waals surface area contributed by atoms with E-state index in [1.54, 1.807) is 36.4 Å². The molecule has 5 heteroatoms. The van der Waals surface area contributed by atoms with Crippen molar-refractivity contribution >= 4 is 29.2 Å². The van der Waals surface area contributed by atoms with Crippen LogP contribution in [-0.4, -0.2) is 24.3 Å². The summed E-state index contributed by atoms with van der Waals surface area (Å²) in [6.07, 6.45) is 1.54. The summed E-state index contributed by atoms with van der Waals surface area (Å²) in [5.74, 6) is -0.0162. The Bertz CT molecular complexity index is 766. The number of methoxy groups -OCH3 is 1. The maximum atomic E-state index is 11.8. The normalized spacial score (nSPS) is 11.5. The maximum Gasteiger partial charge on any atom is 0.336 e. The molecule has 0 radical (unpaired) electrons. The van der Waals surface area contributed by atoms with Crippen LogP contribution < -0.4 is 9.47 Å². The topological polar surface area (TPSA) is 55.8 Å². The van der Waals surface area contributed by atoms with Crippen LogP contribution in [0.5, 0.6) is 11.5 Å². The number of ether oxygens (including phenoxy) is 2. The standard InChI is InChI=1S/C19H19ClO4/c1-12(2)24-17-7-5-4-6-13(17)10-16(19(21)22)15-11-14(20)8-9-18(15)23-3/h4-12H,1-3H3,(H,21,22)/b16-10-.